The van der Waals surface area contributed by atoms with E-state index in [4.69, 9.17) is 9.47 Å². The van der Waals surface area contributed by atoms with Crippen LogP contribution in [-0.2, 0) is 9.53 Å². The van der Waals surface area contributed by atoms with Gasteiger partial charge in [-0.25, -0.2) is 19.9 Å². The normalized spacial score (nSPS) is 15.7. The zero-order chi connectivity index (χ0) is 29.4. The summed E-state index contributed by atoms with van der Waals surface area (Å²) in [5, 5.41) is 15.5. The molecule has 2 N–H and O–H groups in total. The summed E-state index contributed by atoms with van der Waals surface area (Å²) in [6.07, 6.45) is 7.52. The molecule has 2 aliphatic rings. The van der Waals surface area contributed by atoms with Gasteiger partial charge in [0.2, 0.25) is 11.8 Å². The number of carbonyl (C=O) groups excluding carboxylic acids is 1. The fourth-order valence-corrected chi connectivity index (χ4v) is 5.29. The molecule has 1 saturated heterocycles. The van der Waals surface area contributed by atoms with E-state index in [0.717, 1.165) is 40.7 Å². The van der Waals surface area contributed by atoms with E-state index in [-0.39, 0.29) is 11.5 Å². The molecule has 1 spiro atoms. The molecule has 0 atom stereocenters. The lowest BCUT2D eigenvalue weighted by molar-refractivity contribution is -0.129. The van der Waals surface area contributed by atoms with Crippen LogP contribution in [0.3, 0.4) is 0 Å². The second-order valence-corrected chi connectivity index (χ2v) is 10.5. The maximum atomic E-state index is 12.0. The molecule has 13 nitrogen and oxygen atoms in total. The van der Waals surface area contributed by atoms with Gasteiger partial charge in [0.1, 0.15) is 36.2 Å². The third-order valence-corrected chi connectivity index (χ3v) is 7.69. The molecule has 1 amide bonds. The SMILES string of the molecule is C=CC(=O)N1CCC2(CC1)CN=C(Nc1ccc3ncnc(Nc4ccc(Oc5cc6nncn6cn5)c(C)c4)c3c1)O2. The van der Waals surface area contributed by atoms with Gasteiger partial charge < -0.3 is 25.0 Å². The number of aliphatic imine (C=N–C) groups is 1. The van der Waals surface area contributed by atoms with Crippen molar-refractivity contribution < 1.29 is 14.3 Å². The molecule has 2 aliphatic heterocycles. The number of aromatic nitrogens is 6. The van der Waals surface area contributed by atoms with E-state index in [1.165, 1.54) is 12.4 Å². The highest BCUT2D eigenvalue weighted by Gasteiger charge is 2.41. The number of nitrogens with zero attached hydrogens (tertiary/aromatic N) is 8. The highest BCUT2D eigenvalue weighted by molar-refractivity contribution is 5.97. The number of hydrogen-bond donors (Lipinski definition) is 2. The molecule has 1 fully saturated rings. The first kappa shape index (κ1) is 26.3. The van der Waals surface area contributed by atoms with Crippen LogP contribution in [0.5, 0.6) is 11.6 Å². The molecule has 43 heavy (non-hydrogen) atoms. The van der Waals surface area contributed by atoms with Crippen LogP contribution in [0.2, 0.25) is 0 Å². The summed E-state index contributed by atoms with van der Waals surface area (Å²) < 4.78 is 14.0. The third-order valence-electron chi connectivity index (χ3n) is 7.69. The third kappa shape index (κ3) is 5.27. The summed E-state index contributed by atoms with van der Waals surface area (Å²) in [5.74, 6) is 1.72. The Balaban J connectivity index is 1.04. The predicted octanol–water partition coefficient (Wildman–Crippen LogP) is 4.26. The van der Waals surface area contributed by atoms with Gasteiger partial charge in [-0.15, -0.1) is 10.2 Å². The van der Waals surface area contributed by atoms with Gasteiger partial charge >= 0.3 is 0 Å². The molecule has 0 bridgehead atoms. The van der Waals surface area contributed by atoms with Crippen molar-refractivity contribution in [1.29, 1.82) is 0 Å². The average Bonchev–Trinajstić information content (AvgIpc) is 3.65. The molecule has 2 aromatic carbocycles. The monoisotopic (exact) mass is 576 g/mol. The summed E-state index contributed by atoms with van der Waals surface area (Å²) in [6, 6.07) is 13.8. The van der Waals surface area contributed by atoms with Crippen molar-refractivity contribution in [3.63, 3.8) is 0 Å². The molecular weight excluding hydrogens is 548 g/mol. The Morgan fingerprint density at radius 1 is 1.05 bits per heavy atom. The Morgan fingerprint density at radius 2 is 1.88 bits per heavy atom. The van der Waals surface area contributed by atoms with Crippen molar-refractivity contribution in [3.05, 3.63) is 79.7 Å². The quantitative estimate of drug-likeness (QED) is 0.281. The molecule has 216 valence electrons. The van der Waals surface area contributed by atoms with Crippen LogP contribution < -0.4 is 15.4 Å². The van der Waals surface area contributed by atoms with E-state index in [1.54, 1.807) is 28.0 Å². The van der Waals surface area contributed by atoms with Gasteiger partial charge in [-0.1, -0.05) is 6.58 Å². The zero-order valence-corrected chi connectivity index (χ0v) is 23.4. The summed E-state index contributed by atoms with van der Waals surface area (Å²) in [6.45, 7) is 7.35. The number of rotatable bonds is 6. The highest BCUT2D eigenvalue weighted by Crippen LogP contribution is 2.33. The number of anilines is 3. The largest absolute Gasteiger partial charge is 0.456 e. The average molecular weight is 577 g/mol. The summed E-state index contributed by atoms with van der Waals surface area (Å²) in [4.78, 5) is 31.6. The minimum absolute atomic E-state index is 0.0479. The van der Waals surface area contributed by atoms with Gasteiger partial charge in [0, 0.05) is 48.8 Å². The maximum Gasteiger partial charge on any atom is 0.289 e. The second-order valence-electron chi connectivity index (χ2n) is 10.5. The van der Waals surface area contributed by atoms with Gasteiger partial charge in [0.25, 0.3) is 6.02 Å². The second kappa shape index (κ2) is 10.7. The van der Waals surface area contributed by atoms with Gasteiger partial charge in [-0.05, 0) is 55.0 Å². The van der Waals surface area contributed by atoms with Gasteiger partial charge in [0.15, 0.2) is 5.65 Å². The standard InChI is InChI=1S/C30H28N10O3/c1-3-27(41)39-10-8-30(9-11-39)15-31-29(43-30)37-21-4-6-23-22(13-21)28(33-16-32-23)36-20-5-7-24(19(2)12-20)42-26-14-25-38-35-18-40(25)17-34-26/h3-7,12-14,16-18H,1,8-11,15H2,2H3,(H,31,37)(H,32,33,36). The summed E-state index contributed by atoms with van der Waals surface area (Å²) in [7, 11) is 0. The zero-order valence-electron chi connectivity index (χ0n) is 23.4. The van der Waals surface area contributed by atoms with Crippen LogP contribution in [0.1, 0.15) is 18.4 Å². The molecule has 0 radical (unpaired) electrons. The fourth-order valence-electron chi connectivity index (χ4n) is 5.29. The number of ether oxygens (including phenoxy) is 2. The highest BCUT2D eigenvalue weighted by atomic mass is 16.5. The molecule has 13 heteroatoms. The fraction of sp³-hybridized carbons (Fsp3) is 0.233. The molecule has 0 unspecified atom stereocenters. The van der Waals surface area contributed by atoms with E-state index >= 15 is 0 Å². The topological polar surface area (TPSA) is 144 Å². The Morgan fingerprint density at radius 3 is 2.72 bits per heavy atom. The molecule has 7 rings (SSSR count). The van der Waals surface area contributed by atoms with Crippen molar-refractivity contribution in [1.82, 2.24) is 34.4 Å². The summed E-state index contributed by atoms with van der Waals surface area (Å²) in [5.41, 5.74) is 3.62. The van der Waals surface area contributed by atoms with Crippen LogP contribution in [0.4, 0.5) is 17.2 Å². The van der Waals surface area contributed by atoms with Crippen molar-refractivity contribution in [3.8, 4) is 11.6 Å². The molecule has 5 heterocycles. The van der Waals surface area contributed by atoms with Gasteiger partial charge in [-0.3, -0.25) is 9.20 Å². The molecular formula is C30H28N10O3. The van der Waals surface area contributed by atoms with Crippen LogP contribution in [0.25, 0.3) is 16.6 Å². The molecule has 0 saturated carbocycles. The van der Waals surface area contributed by atoms with Crippen molar-refractivity contribution in [2.24, 2.45) is 4.99 Å². The maximum absolute atomic E-state index is 12.0. The Bertz CT molecular complexity index is 1890. The number of amidine groups is 1. The molecule has 3 aromatic heterocycles. The number of aryl methyl sites for hydroxylation is 1. The lowest BCUT2D eigenvalue weighted by Crippen LogP contribution is -2.48. The van der Waals surface area contributed by atoms with Crippen LogP contribution in [0.15, 0.2) is 79.1 Å². The van der Waals surface area contributed by atoms with Crippen molar-refractivity contribution in [2.75, 3.05) is 30.3 Å². The van der Waals surface area contributed by atoms with E-state index in [1.807, 2.05) is 43.3 Å². The van der Waals surface area contributed by atoms with Crippen LogP contribution >= 0.6 is 0 Å². The minimum atomic E-state index is -0.389. The number of nitrogens with one attached hydrogen (secondary N) is 2. The Labute approximate surface area is 246 Å². The number of piperidine rings is 1. The first-order chi connectivity index (χ1) is 21.0. The first-order valence-corrected chi connectivity index (χ1v) is 13.8. The molecule has 0 aliphatic carbocycles. The lowest BCUT2D eigenvalue weighted by atomic mass is 9.91. The Hall–Kier alpha value is -5.59. The number of benzene rings is 2. The first-order valence-electron chi connectivity index (χ1n) is 13.8. The number of likely N-dealkylation sites (tertiary alicyclic amines) is 1. The van der Waals surface area contributed by atoms with Crippen molar-refractivity contribution in [2.45, 2.75) is 25.4 Å². The van der Waals surface area contributed by atoms with E-state index in [0.29, 0.717) is 48.8 Å². The van der Waals surface area contributed by atoms with E-state index in [9.17, 15) is 4.79 Å². The van der Waals surface area contributed by atoms with Crippen LogP contribution in [0, 0.1) is 6.92 Å². The van der Waals surface area contributed by atoms with Crippen LogP contribution in [-0.4, -0.2) is 71.6 Å². The number of carbonyl (C=O) groups is 1. The Kier molecular flexibility index (Phi) is 6.53. The smallest absolute Gasteiger partial charge is 0.289 e. The number of amides is 1. The van der Waals surface area contributed by atoms with Gasteiger partial charge in [0.05, 0.1) is 12.1 Å². The van der Waals surface area contributed by atoms with E-state index < -0.39 is 0 Å². The minimum Gasteiger partial charge on any atom is -0.456 e. The number of hydrogen-bond acceptors (Lipinski definition) is 11. The lowest BCUT2D eigenvalue weighted by Gasteiger charge is -2.37. The predicted molar refractivity (Wildman–Crippen MR) is 161 cm³/mol. The molecule has 5 aromatic rings. The van der Waals surface area contributed by atoms with Gasteiger partial charge in [-0.2, -0.15) is 0 Å². The summed E-state index contributed by atoms with van der Waals surface area (Å²) >= 11 is 0. The van der Waals surface area contributed by atoms with E-state index in [2.05, 4.69) is 47.4 Å². The number of fused-ring (bicyclic) bond motifs is 2. The van der Waals surface area contributed by atoms with Crippen molar-refractivity contribution >= 4 is 45.7 Å².